The summed E-state index contributed by atoms with van der Waals surface area (Å²) in [6.45, 7) is 0. The number of aromatic nitrogens is 3. The molecule has 0 saturated carbocycles. The van der Waals surface area contributed by atoms with Gasteiger partial charge in [0.25, 0.3) is 0 Å². The van der Waals surface area contributed by atoms with E-state index >= 15 is 0 Å². The maximum Gasteiger partial charge on any atom is 0.190 e. The fourth-order valence-corrected chi connectivity index (χ4v) is 2.32. The highest BCUT2D eigenvalue weighted by molar-refractivity contribution is 7.98. The monoisotopic (exact) mass is 261 g/mol. The van der Waals surface area contributed by atoms with Crippen LogP contribution in [0.1, 0.15) is 0 Å². The molecule has 0 aliphatic rings. The highest BCUT2D eigenvalue weighted by atomic mass is 35.5. The van der Waals surface area contributed by atoms with Crippen molar-refractivity contribution in [1.29, 1.82) is 0 Å². The average molecular weight is 262 g/mol. The Morgan fingerprint density at radius 3 is 2.76 bits per heavy atom. The SMILES string of the molecule is CSc1nc(Cl)c2cc3ccccc3nc2n1. The van der Waals surface area contributed by atoms with Crippen LogP contribution in [0.25, 0.3) is 21.9 Å². The standard InChI is InChI=1S/C12H8ClN3S/c1-17-12-15-10(13)8-6-7-4-2-3-5-9(7)14-11(8)16-12/h2-6H,1H3. The summed E-state index contributed by atoms with van der Waals surface area (Å²) in [5.41, 5.74) is 1.56. The van der Waals surface area contributed by atoms with E-state index in [2.05, 4.69) is 15.0 Å². The highest BCUT2D eigenvalue weighted by Gasteiger charge is 2.07. The molecule has 0 N–H and O–H groups in total. The summed E-state index contributed by atoms with van der Waals surface area (Å²) in [5.74, 6) is 0. The zero-order valence-electron chi connectivity index (χ0n) is 9.01. The molecule has 1 aromatic carbocycles. The number of hydrogen-bond donors (Lipinski definition) is 0. The molecular formula is C12H8ClN3S. The summed E-state index contributed by atoms with van der Waals surface area (Å²) in [4.78, 5) is 13.1. The second kappa shape index (κ2) is 4.13. The number of hydrogen-bond acceptors (Lipinski definition) is 4. The second-order valence-electron chi connectivity index (χ2n) is 3.55. The molecule has 3 nitrogen and oxygen atoms in total. The van der Waals surface area contributed by atoms with Gasteiger partial charge in [0, 0.05) is 5.39 Å². The van der Waals surface area contributed by atoms with Crippen molar-refractivity contribution in [2.45, 2.75) is 5.16 Å². The van der Waals surface area contributed by atoms with E-state index in [1.807, 2.05) is 36.6 Å². The summed E-state index contributed by atoms with van der Waals surface area (Å²) in [6.07, 6.45) is 1.92. The fraction of sp³-hybridized carbons (Fsp3) is 0.0833. The van der Waals surface area contributed by atoms with Crippen molar-refractivity contribution >= 4 is 45.3 Å². The van der Waals surface area contributed by atoms with Gasteiger partial charge in [0.05, 0.1) is 10.9 Å². The van der Waals surface area contributed by atoms with E-state index in [1.54, 1.807) is 0 Å². The molecule has 5 heteroatoms. The van der Waals surface area contributed by atoms with Gasteiger partial charge in [-0.05, 0) is 18.4 Å². The Kier molecular flexibility index (Phi) is 2.61. The summed E-state index contributed by atoms with van der Waals surface area (Å²) >= 11 is 7.59. The van der Waals surface area contributed by atoms with Crippen LogP contribution in [0.4, 0.5) is 0 Å². The van der Waals surface area contributed by atoms with E-state index in [0.29, 0.717) is 16.0 Å². The number of rotatable bonds is 1. The van der Waals surface area contributed by atoms with E-state index in [1.165, 1.54) is 11.8 Å². The predicted octanol–water partition coefficient (Wildman–Crippen LogP) is 3.55. The molecule has 84 valence electrons. The molecule has 0 atom stereocenters. The smallest absolute Gasteiger partial charge is 0.190 e. The summed E-state index contributed by atoms with van der Waals surface area (Å²) in [6, 6.07) is 9.87. The number of thioether (sulfide) groups is 1. The first-order valence-corrected chi connectivity index (χ1v) is 6.65. The van der Waals surface area contributed by atoms with Gasteiger partial charge in [-0.3, -0.25) is 0 Å². The molecule has 3 aromatic rings. The molecule has 0 aliphatic carbocycles. The van der Waals surface area contributed by atoms with E-state index in [-0.39, 0.29) is 0 Å². The van der Waals surface area contributed by atoms with Gasteiger partial charge in [-0.2, -0.15) is 0 Å². The van der Waals surface area contributed by atoms with Gasteiger partial charge in [0.2, 0.25) is 0 Å². The predicted molar refractivity (Wildman–Crippen MR) is 71.6 cm³/mol. The minimum atomic E-state index is 0.456. The van der Waals surface area contributed by atoms with Crippen molar-refractivity contribution in [1.82, 2.24) is 15.0 Å². The largest absolute Gasteiger partial charge is 0.228 e. The molecule has 0 amide bonds. The molecule has 0 aliphatic heterocycles. The Balaban J connectivity index is 2.43. The molecule has 0 saturated heterocycles. The van der Waals surface area contributed by atoms with Gasteiger partial charge in [-0.1, -0.05) is 41.6 Å². The lowest BCUT2D eigenvalue weighted by Gasteiger charge is -2.03. The highest BCUT2D eigenvalue weighted by Crippen LogP contribution is 2.25. The third-order valence-electron chi connectivity index (χ3n) is 2.50. The lowest BCUT2D eigenvalue weighted by atomic mass is 10.2. The van der Waals surface area contributed by atoms with Gasteiger partial charge in [0.1, 0.15) is 5.15 Å². The zero-order chi connectivity index (χ0) is 11.8. The second-order valence-corrected chi connectivity index (χ2v) is 4.68. The van der Waals surface area contributed by atoms with Crippen LogP contribution in [-0.2, 0) is 0 Å². The van der Waals surface area contributed by atoms with E-state index in [4.69, 9.17) is 11.6 Å². The first-order chi connectivity index (χ1) is 8.28. The number of para-hydroxylation sites is 1. The summed E-state index contributed by atoms with van der Waals surface area (Å²) in [7, 11) is 0. The molecule has 17 heavy (non-hydrogen) atoms. The Hall–Kier alpha value is -1.39. The van der Waals surface area contributed by atoms with Crippen LogP contribution in [0.3, 0.4) is 0 Å². The molecule has 0 fully saturated rings. The minimum Gasteiger partial charge on any atom is -0.228 e. The van der Waals surface area contributed by atoms with Gasteiger partial charge < -0.3 is 0 Å². The lowest BCUT2D eigenvalue weighted by molar-refractivity contribution is 0.996. The van der Waals surface area contributed by atoms with Crippen LogP contribution >= 0.6 is 23.4 Å². The molecule has 2 aromatic heterocycles. The number of fused-ring (bicyclic) bond motifs is 2. The Labute approximate surface area is 107 Å². The van der Waals surface area contributed by atoms with Crippen LogP contribution < -0.4 is 0 Å². The Morgan fingerprint density at radius 1 is 1.12 bits per heavy atom. The van der Waals surface area contributed by atoms with E-state index in [9.17, 15) is 0 Å². The molecular weight excluding hydrogens is 254 g/mol. The fourth-order valence-electron chi connectivity index (χ4n) is 1.69. The molecule has 3 rings (SSSR count). The number of pyridine rings is 1. The van der Waals surface area contributed by atoms with E-state index in [0.717, 1.165) is 16.3 Å². The van der Waals surface area contributed by atoms with Gasteiger partial charge in [-0.15, -0.1) is 0 Å². The van der Waals surface area contributed by atoms with E-state index < -0.39 is 0 Å². The minimum absolute atomic E-state index is 0.456. The molecule has 0 radical (unpaired) electrons. The van der Waals surface area contributed by atoms with Gasteiger partial charge in [0.15, 0.2) is 10.8 Å². The lowest BCUT2D eigenvalue weighted by Crippen LogP contribution is -1.92. The normalized spacial score (nSPS) is 11.2. The van der Waals surface area contributed by atoms with Crippen molar-refractivity contribution in [3.8, 4) is 0 Å². The Morgan fingerprint density at radius 2 is 1.94 bits per heavy atom. The van der Waals surface area contributed by atoms with Crippen molar-refractivity contribution in [2.24, 2.45) is 0 Å². The third-order valence-corrected chi connectivity index (χ3v) is 3.34. The first-order valence-electron chi connectivity index (χ1n) is 5.05. The van der Waals surface area contributed by atoms with Crippen LogP contribution in [0.15, 0.2) is 35.5 Å². The molecule has 0 spiro atoms. The van der Waals surface area contributed by atoms with Crippen LogP contribution in [0.2, 0.25) is 5.15 Å². The average Bonchev–Trinajstić information content (AvgIpc) is 2.36. The van der Waals surface area contributed by atoms with Crippen molar-refractivity contribution < 1.29 is 0 Å². The number of nitrogens with zero attached hydrogens (tertiary/aromatic N) is 3. The first kappa shape index (κ1) is 10.7. The quantitative estimate of drug-likeness (QED) is 0.291. The van der Waals surface area contributed by atoms with Crippen LogP contribution in [0, 0.1) is 0 Å². The number of halogens is 1. The number of benzene rings is 1. The molecule has 0 bridgehead atoms. The van der Waals surface area contributed by atoms with Crippen molar-refractivity contribution in [3.05, 3.63) is 35.5 Å². The maximum atomic E-state index is 6.14. The van der Waals surface area contributed by atoms with Crippen molar-refractivity contribution in [3.63, 3.8) is 0 Å². The summed E-state index contributed by atoms with van der Waals surface area (Å²) in [5, 5.41) is 2.94. The van der Waals surface area contributed by atoms with Gasteiger partial charge >= 0.3 is 0 Å². The van der Waals surface area contributed by atoms with Crippen LogP contribution in [-0.4, -0.2) is 21.2 Å². The summed E-state index contributed by atoms with van der Waals surface area (Å²) < 4.78 is 0. The topological polar surface area (TPSA) is 38.7 Å². The third kappa shape index (κ3) is 1.83. The maximum absolute atomic E-state index is 6.14. The molecule has 0 unspecified atom stereocenters. The Bertz CT molecular complexity index is 715. The van der Waals surface area contributed by atoms with Gasteiger partial charge in [-0.25, -0.2) is 15.0 Å². The van der Waals surface area contributed by atoms with Crippen LogP contribution in [0.5, 0.6) is 0 Å². The van der Waals surface area contributed by atoms with Crippen molar-refractivity contribution in [2.75, 3.05) is 6.26 Å². The molecule has 2 heterocycles. The zero-order valence-corrected chi connectivity index (χ0v) is 10.6.